The molecule has 0 unspecified atom stereocenters. The van der Waals surface area contributed by atoms with Gasteiger partial charge in [-0.25, -0.2) is 0 Å². The van der Waals surface area contributed by atoms with Gasteiger partial charge in [0, 0.05) is 6.42 Å². The van der Waals surface area contributed by atoms with Crippen LogP contribution in [0.25, 0.3) is 0 Å². The van der Waals surface area contributed by atoms with E-state index in [4.69, 9.17) is 0 Å². The number of rotatable bonds is 4. The van der Waals surface area contributed by atoms with Gasteiger partial charge in [-0.15, -0.1) is 0 Å². The van der Waals surface area contributed by atoms with E-state index < -0.39 is 0 Å². The lowest BCUT2D eigenvalue weighted by molar-refractivity contribution is -0.129. The Morgan fingerprint density at radius 1 is 1.43 bits per heavy atom. The molecule has 0 fully saturated rings. The number of hydrogen-bond donors (Lipinski definition) is 0. The molecule has 0 saturated heterocycles. The first-order valence-electron chi connectivity index (χ1n) is 1.90. The van der Waals surface area contributed by atoms with Gasteiger partial charge in [-0.05, 0) is 0 Å². The third-order valence-electron chi connectivity index (χ3n) is 0.422. The Bertz CT molecular complexity index is 52.0. The molecule has 0 radical (unpaired) electrons. The number of aldehydes is 1. The van der Waals surface area contributed by atoms with Crippen molar-refractivity contribution in [1.29, 1.82) is 0 Å². The number of hydrogen-bond acceptors (Lipinski definition) is 3. The highest BCUT2D eigenvalue weighted by molar-refractivity contribution is 5.49. The zero-order valence-corrected chi connectivity index (χ0v) is 3.79. The lowest BCUT2D eigenvalue weighted by Crippen LogP contribution is -1.90. The maximum Gasteiger partial charge on any atom is 0.293 e. The summed E-state index contributed by atoms with van der Waals surface area (Å²) in [5.41, 5.74) is 0. The molecule has 0 aromatic rings. The van der Waals surface area contributed by atoms with Gasteiger partial charge in [0.2, 0.25) is 0 Å². The fourth-order valence-electron chi connectivity index (χ4n) is 0.164. The van der Waals surface area contributed by atoms with Crippen molar-refractivity contribution >= 4 is 12.8 Å². The van der Waals surface area contributed by atoms with Crippen LogP contribution < -0.4 is 0 Å². The third kappa shape index (κ3) is 5.14. The quantitative estimate of drug-likeness (QED) is 0.363. The van der Waals surface area contributed by atoms with Gasteiger partial charge in [0.25, 0.3) is 6.47 Å². The Kier molecular flexibility index (Phi) is 4.51. The lowest BCUT2D eigenvalue weighted by Gasteiger charge is -1.86. The molecular weight excluding hydrogens is 96.0 g/mol. The summed E-state index contributed by atoms with van der Waals surface area (Å²) in [6.45, 7) is 0.524. The van der Waals surface area contributed by atoms with Crippen molar-refractivity contribution in [3.8, 4) is 0 Å². The van der Waals surface area contributed by atoms with E-state index in [0.717, 1.165) is 0 Å². The van der Waals surface area contributed by atoms with Crippen molar-refractivity contribution in [2.24, 2.45) is 0 Å². The normalized spacial score (nSPS) is 7.43. The fraction of sp³-hybridized carbons (Fsp3) is 0.500. The highest BCUT2D eigenvalue weighted by Gasteiger charge is 1.78. The average molecular weight is 102 g/mol. The Hall–Kier alpha value is -0.860. The van der Waals surface area contributed by atoms with Crippen LogP contribution in [0.3, 0.4) is 0 Å². The molecule has 0 aromatic heterocycles. The van der Waals surface area contributed by atoms with E-state index in [1.165, 1.54) is 0 Å². The maximum atomic E-state index is 9.48. The molecule has 40 valence electrons. The Balaban J connectivity index is 2.68. The predicted octanol–water partition coefficient (Wildman–Crippen LogP) is -0.252. The van der Waals surface area contributed by atoms with Crippen LogP contribution in [-0.4, -0.2) is 19.4 Å². The van der Waals surface area contributed by atoms with Crippen molar-refractivity contribution in [3.05, 3.63) is 0 Å². The van der Waals surface area contributed by atoms with Gasteiger partial charge in [-0.3, -0.25) is 4.79 Å². The zero-order chi connectivity index (χ0) is 5.54. The molecule has 3 heteroatoms. The number of carbonyl (C=O) groups is 2. The second-order valence-corrected chi connectivity index (χ2v) is 0.922. The van der Waals surface area contributed by atoms with E-state index in [1.54, 1.807) is 0 Å². The van der Waals surface area contributed by atoms with Gasteiger partial charge in [0.15, 0.2) is 0 Å². The molecule has 0 bridgehead atoms. The maximum absolute atomic E-state index is 9.48. The average Bonchev–Trinajstić information content (AvgIpc) is 1.69. The van der Waals surface area contributed by atoms with Gasteiger partial charge in [0.05, 0.1) is 6.61 Å². The molecule has 0 saturated carbocycles. The summed E-state index contributed by atoms with van der Waals surface area (Å²) in [5, 5.41) is 0. The Labute approximate surface area is 41.3 Å². The number of ether oxygens (including phenoxy) is 1. The van der Waals surface area contributed by atoms with E-state index >= 15 is 0 Å². The van der Waals surface area contributed by atoms with Gasteiger partial charge < -0.3 is 9.53 Å². The van der Waals surface area contributed by atoms with Crippen LogP contribution in [-0.2, 0) is 14.3 Å². The summed E-state index contributed by atoms with van der Waals surface area (Å²) in [7, 11) is 0. The van der Waals surface area contributed by atoms with Crippen molar-refractivity contribution in [2.45, 2.75) is 6.42 Å². The van der Waals surface area contributed by atoms with Crippen molar-refractivity contribution in [3.63, 3.8) is 0 Å². The van der Waals surface area contributed by atoms with E-state index in [1.807, 2.05) is 0 Å². The van der Waals surface area contributed by atoms with Gasteiger partial charge in [-0.2, -0.15) is 0 Å². The lowest BCUT2D eigenvalue weighted by atomic mass is 10.5. The first-order valence-corrected chi connectivity index (χ1v) is 1.90. The summed E-state index contributed by atoms with van der Waals surface area (Å²) >= 11 is 0. The standard InChI is InChI=1S/C4H6O3/c5-2-1-3-7-4-6/h2,4H,1,3H2. The van der Waals surface area contributed by atoms with Crippen LogP contribution >= 0.6 is 0 Å². The fourth-order valence-corrected chi connectivity index (χ4v) is 0.164. The van der Waals surface area contributed by atoms with Crippen molar-refractivity contribution in [1.82, 2.24) is 0 Å². The second-order valence-electron chi connectivity index (χ2n) is 0.922. The molecule has 0 aliphatic rings. The first kappa shape index (κ1) is 6.14. The second kappa shape index (κ2) is 5.14. The molecule has 3 nitrogen and oxygen atoms in total. The van der Waals surface area contributed by atoms with E-state index in [-0.39, 0.29) is 6.61 Å². The highest BCUT2D eigenvalue weighted by Crippen LogP contribution is 1.69. The monoisotopic (exact) mass is 102 g/mol. The first-order chi connectivity index (χ1) is 3.41. The smallest absolute Gasteiger partial charge is 0.293 e. The zero-order valence-electron chi connectivity index (χ0n) is 3.79. The van der Waals surface area contributed by atoms with Crippen LogP contribution in [0.1, 0.15) is 6.42 Å². The van der Waals surface area contributed by atoms with Gasteiger partial charge >= 0.3 is 0 Å². The van der Waals surface area contributed by atoms with Crippen LogP contribution in [0.4, 0.5) is 0 Å². The van der Waals surface area contributed by atoms with Crippen molar-refractivity contribution < 1.29 is 14.3 Å². The van der Waals surface area contributed by atoms with Crippen molar-refractivity contribution in [2.75, 3.05) is 6.61 Å². The minimum Gasteiger partial charge on any atom is -0.467 e. The van der Waals surface area contributed by atoms with E-state index in [0.29, 0.717) is 19.2 Å². The van der Waals surface area contributed by atoms with E-state index in [2.05, 4.69) is 4.74 Å². The minimum atomic E-state index is 0.201. The van der Waals surface area contributed by atoms with Crippen LogP contribution in [0, 0.1) is 0 Å². The molecule has 7 heavy (non-hydrogen) atoms. The summed E-state index contributed by atoms with van der Waals surface area (Å²) < 4.78 is 4.16. The molecule has 0 aliphatic carbocycles. The summed E-state index contributed by atoms with van der Waals surface area (Å²) in [6.07, 6.45) is 0.988. The predicted molar refractivity (Wildman–Crippen MR) is 22.7 cm³/mol. The van der Waals surface area contributed by atoms with Crippen LogP contribution in [0.5, 0.6) is 0 Å². The van der Waals surface area contributed by atoms with Gasteiger partial charge in [0.1, 0.15) is 6.29 Å². The SMILES string of the molecule is O=CCCOC=O. The summed E-state index contributed by atoms with van der Waals surface area (Å²) in [6, 6.07) is 0. The summed E-state index contributed by atoms with van der Waals surface area (Å²) in [5.74, 6) is 0. The molecule has 0 aliphatic heterocycles. The Morgan fingerprint density at radius 2 is 2.14 bits per heavy atom. The van der Waals surface area contributed by atoms with E-state index in [9.17, 15) is 9.59 Å². The molecule has 0 spiro atoms. The third-order valence-corrected chi connectivity index (χ3v) is 0.422. The Morgan fingerprint density at radius 3 is 2.57 bits per heavy atom. The molecule has 0 aromatic carbocycles. The van der Waals surface area contributed by atoms with Gasteiger partial charge in [-0.1, -0.05) is 0 Å². The molecule has 0 atom stereocenters. The topological polar surface area (TPSA) is 43.4 Å². The molecular formula is C4H6O3. The molecule has 0 rings (SSSR count). The van der Waals surface area contributed by atoms with Crippen LogP contribution in [0.2, 0.25) is 0 Å². The molecule has 0 amide bonds. The minimum absolute atomic E-state index is 0.201. The largest absolute Gasteiger partial charge is 0.467 e. The molecule has 0 N–H and O–H groups in total. The molecule has 0 heterocycles. The van der Waals surface area contributed by atoms with Crippen LogP contribution in [0.15, 0.2) is 0 Å². The summed E-state index contributed by atoms with van der Waals surface area (Å²) in [4.78, 5) is 18.8. The number of carbonyl (C=O) groups excluding carboxylic acids is 2. The highest BCUT2D eigenvalue weighted by atomic mass is 16.5.